The molecule has 16 heavy (non-hydrogen) atoms. The maximum atomic E-state index is 11.3. The van der Waals surface area contributed by atoms with Gasteiger partial charge in [0.05, 0.1) is 5.69 Å². The van der Waals surface area contributed by atoms with E-state index in [9.17, 15) is 13.2 Å². The van der Waals surface area contributed by atoms with Gasteiger partial charge in [-0.05, 0) is 30.7 Å². The molecule has 0 heterocycles. The summed E-state index contributed by atoms with van der Waals surface area (Å²) in [6.45, 7) is 1.68. The van der Waals surface area contributed by atoms with E-state index in [-0.39, 0.29) is 5.91 Å². The van der Waals surface area contributed by atoms with Crippen molar-refractivity contribution < 1.29 is 13.2 Å². The van der Waals surface area contributed by atoms with Gasteiger partial charge in [0.25, 0.3) is 16.1 Å². The normalized spacial score (nSPS) is 10.9. The van der Waals surface area contributed by atoms with Crippen molar-refractivity contribution >= 4 is 21.8 Å². The van der Waals surface area contributed by atoms with Crippen LogP contribution < -0.4 is 15.2 Å². The number of anilines is 1. The zero-order valence-corrected chi connectivity index (χ0v) is 9.76. The van der Waals surface area contributed by atoms with E-state index in [1.807, 2.05) is 0 Å². The largest absolute Gasteiger partial charge is 0.355 e. The van der Waals surface area contributed by atoms with Crippen LogP contribution in [0.15, 0.2) is 18.2 Å². The van der Waals surface area contributed by atoms with Crippen molar-refractivity contribution in [2.75, 3.05) is 11.8 Å². The second-order valence-corrected chi connectivity index (χ2v) is 4.55. The fraction of sp³-hybridized carbons (Fsp3) is 0.222. The molecule has 0 saturated carbocycles. The third-order valence-corrected chi connectivity index (χ3v) is 2.47. The van der Waals surface area contributed by atoms with Gasteiger partial charge in [0, 0.05) is 12.6 Å². The predicted octanol–water partition coefficient (Wildman–Crippen LogP) is -0.0300. The molecule has 0 radical (unpaired) electrons. The molecule has 1 aromatic carbocycles. The van der Waals surface area contributed by atoms with Crippen LogP contribution in [0.3, 0.4) is 0 Å². The van der Waals surface area contributed by atoms with Gasteiger partial charge in [0.1, 0.15) is 0 Å². The zero-order chi connectivity index (χ0) is 12.3. The minimum Gasteiger partial charge on any atom is -0.355 e. The summed E-state index contributed by atoms with van der Waals surface area (Å²) in [6, 6.07) is 4.58. The molecule has 6 nitrogen and oxygen atoms in total. The van der Waals surface area contributed by atoms with Gasteiger partial charge >= 0.3 is 0 Å². The van der Waals surface area contributed by atoms with Gasteiger partial charge in [-0.15, -0.1) is 0 Å². The van der Waals surface area contributed by atoms with Crippen LogP contribution in [-0.2, 0) is 10.2 Å². The Morgan fingerprint density at radius 2 is 2.00 bits per heavy atom. The van der Waals surface area contributed by atoms with Crippen molar-refractivity contribution in [3.63, 3.8) is 0 Å². The molecule has 0 unspecified atom stereocenters. The first kappa shape index (κ1) is 12.5. The fourth-order valence-electron chi connectivity index (χ4n) is 1.22. The number of nitrogens with two attached hydrogens (primary N) is 1. The second kappa shape index (κ2) is 4.50. The molecule has 7 heteroatoms. The summed E-state index contributed by atoms with van der Waals surface area (Å²) < 4.78 is 23.8. The van der Waals surface area contributed by atoms with E-state index in [1.54, 1.807) is 13.0 Å². The Morgan fingerprint density at radius 1 is 1.38 bits per heavy atom. The highest BCUT2D eigenvalue weighted by molar-refractivity contribution is 7.90. The molecule has 1 rings (SSSR count). The Bertz CT molecular complexity index is 511. The van der Waals surface area contributed by atoms with E-state index < -0.39 is 10.2 Å². The summed E-state index contributed by atoms with van der Waals surface area (Å²) >= 11 is 0. The summed E-state index contributed by atoms with van der Waals surface area (Å²) in [5.74, 6) is -0.231. The molecule has 0 saturated heterocycles. The number of carbonyl (C=O) groups is 1. The number of hydrogen-bond acceptors (Lipinski definition) is 3. The second-order valence-electron chi connectivity index (χ2n) is 3.26. The summed E-state index contributed by atoms with van der Waals surface area (Å²) in [5.41, 5.74) is 1.44. The molecule has 0 bridgehead atoms. The van der Waals surface area contributed by atoms with Crippen LogP contribution >= 0.6 is 0 Å². The van der Waals surface area contributed by atoms with Crippen molar-refractivity contribution in [2.24, 2.45) is 5.14 Å². The van der Waals surface area contributed by atoms with E-state index in [0.29, 0.717) is 16.8 Å². The number of carbonyl (C=O) groups excluding carboxylic acids is 1. The van der Waals surface area contributed by atoms with Gasteiger partial charge in [-0.25, -0.2) is 5.14 Å². The van der Waals surface area contributed by atoms with Crippen molar-refractivity contribution in [2.45, 2.75) is 6.92 Å². The van der Waals surface area contributed by atoms with Gasteiger partial charge in [-0.2, -0.15) is 8.42 Å². The zero-order valence-electron chi connectivity index (χ0n) is 8.94. The minimum absolute atomic E-state index is 0.231. The van der Waals surface area contributed by atoms with Crippen LogP contribution in [0.5, 0.6) is 0 Å². The number of rotatable bonds is 3. The molecule has 1 amide bonds. The first-order chi connectivity index (χ1) is 7.33. The van der Waals surface area contributed by atoms with Gasteiger partial charge < -0.3 is 5.32 Å². The molecule has 0 aliphatic carbocycles. The van der Waals surface area contributed by atoms with Gasteiger partial charge in [0.2, 0.25) is 0 Å². The van der Waals surface area contributed by atoms with Gasteiger partial charge in [-0.3, -0.25) is 9.52 Å². The Morgan fingerprint density at radius 3 is 2.44 bits per heavy atom. The molecule has 0 aromatic heterocycles. The Hall–Kier alpha value is -1.60. The van der Waals surface area contributed by atoms with Crippen molar-refractivity contribution in [3.05, 3.63) is 29.3 Å². The molecule has 1 aromatic rings. The number of hydrogen-bond donors (Lipinski definition) is 3. The molecular weight excluding hydrogens is 230 g/mol. The molecule has 4 N–H and O–H groups in total. The smallest absolute Gasteiger partial charge is 0.296 e. The number of nitrogens with one attached hydrogen (secondary N) is 2. The highest BCUT2D eigenvalue weighted by atomic mass is 32.2. The summed E-state index contributed by atoms with van der Waals surface area (Å²) in [5, 5.41) is 7.32. The van der Waals surface area contributed by atoms with Crippen LogP contribution in [0.25, 0.3) is 0 Å². The number of amides is 1. The lowest BCUT2D eigenvalue weighted by molar-refractivity contribution is 0.0963. The van der Waals surface area contributed by atoms with E-state index in [4.69, 9.17) is 5.14 Å². The van der Waals surface area contributed by atoms with Gasteiger partial charge in [-0.1, -0.05) is 0 Å². The maximum Gasteiger partial charge on any atom is 0.296 e. The number of benzene rings is 1. The van der Waals surface area contributed by atoms with Crippen molar-refractivity contribution in [3.8, 4) is 0 Å². The highest BCUT2D eigenvalue weighted by Gasteiger charge is 2.08. The Labute approximate surface area is 94.0 Å². The van der Waals surface area contributed by atoms with Crippen LogP contribution in [0.1, 0.15) is 15.9 Å². The maximum absolute atomic E-state index is 11.3. The van der Waals surface area contributed by atoms with Crippen LogP contribution in [-0.4, -0.2) is 21.4 Å². The molecule has 0 spiro atoms. The van der Waals surface area contributed by atoms with Gasteiger partial charge in [0.15, 0.2) is 0 Å². The van der Waals surface area contributed by atoms with Crippen LogP contribution in [0, 0.1) is 6.92 Å². The molecule has 0 aliphatic rings. The summed E-state index contributed by atoms with van der Waals surface area (Å²) in [4.78, 5) is 11.3. The van der Waals surface area contributed by atoms with Crippen LogP contribution in [0.2, 0.25) is 0 Å². The lowest BCUT2D eigenvalue weighted by Crippen LogP contribution is -2.22. The molecule has 0 fully saturated rings. The lowest BCUT2D eigenvalue weighted by Gasteiger charge is -2.08. The lowest BCUT2D eigenvalue weighted by atomic mass is 10.1. The van der Waals surface area contributed by atoms with E-state index in [0.717, 1.165) is 0 Å². The molecule has 0 aliphatic heterocycles. The number of aryl methyl sites for hydroxylation is 1. The molecule has 88 valence electrons. The Balaban J connectivity index is 3.05. The third-order valence-electron chi connectivity index (χ3n) is 1.97. The van der Waals surface area contributed by atoms with Crippen LogP contribution in [0.4, 0.5) is 5.69 Å². The summed E-state index contributed by atoms with van der Waals surface area (Å²) in [6.07, 6.45) is 0. The topological polar surface area (TPSA) is 101 Å². The average Bonchev–Trinajstić information content (AvgIpc) is 2.18. The quantitative estimate of drug-likeness (QED) is 0.694. The standard InChI is InChI=1S/C9H13N3O3S/c1-6-5-7(9(13)11-2)3-4-8(6)12-16(10,14)15/h3-5,12H,1-2H3,(H,11,13)(H2,10,14,15). The summed E-state index contributed by atoms with van der Waals surface area (Å²) in [7, 11) is -2.27. The predicted molar refractivity (Wildman–Crippen MR) is 61.3 cm³/mol. The van der Waals surface area contributed by atoms with E-state index in [1.165, 1.54) is 19.2 Å². The molecular formula is C9H13N3O3S. The first-order valence-corrected chi connectivity index (χ1v) is 6.01. The Kier molecular flexibility index (Phi) is 3.51. The highest BCUT2D eigenvalue weighted by Crippen LogP contribution is 2.17. The minimum atomic E-state index is -3.79. The monoisotopic (exact) mass is 243 g/mol. The third kappa shape index (κ3) is 3.21. The van der Waals surface area contributed by atoms with E-state index in [2.05, 4.69) is 10.0 Å². The first-order valence-electron chi connectivity index (χ1n) is 4.47. The molecule has 0 atom stereocenters. The van der Waals surface area contributed by atoms with Crippen molar-refractivity contribution in [1.82, 2.24) is 5.32 Å². The fourth-order valence-corrected chi connectivity index (χ4v) is 1.75. The van der Waals surface area contributed by atoms with E-state index >= 15 is 0 Å². The average molecular weight is 243 g/mol. The SMILES string of the molecule is CNC(=O)c1ccc(NS(N)(=O)=O)c(C)c1. The van der Waals surface area contributed by atoms with Crippen molar-refractivity contribution in [1.29, 1.82) is 0 Å².